The van der Waals surface area contributed by atoms with Crippen LogP contribution in [0, 0.1) is 0 Å². The molecule has 0 saturated heterocycles. The predicted molar refractivity (Wildman–Crippen MR) is 58.8 cm³/mol. The molecule has 0 saturated carbocycles. The van der Waals surface area contributed by atoms with Gasteiger partial charge in [0, 0.05) is 0 Å². The number of fused-ring (bicyclic) bond motifs is 1. The van der Waals surface area contributed by atoms with Crippen LogP contribution in [0.25, 0.3) is 11.4 Å². The van der Waals surface area contributed by atoms with Crippen molar-refractivity contribution in [2.45, 2.75) is 6.54 Å². The van der Waals surface area contributed by atoms with E-state index >= 15 is 0 Å². The Morgan fingerprint density at radius 1 is 1.35 bits per heavy atom. The maximum Gasteiger partial charge on any atom is 0.240 e. The smallest absolute Gasteiger partial charge is 0.240 e. The van der Waals surface area contributed by atoms with Gasteiger partial charge in [-0.15, -0.1) is 0 Å². The Hall–Kier alpha value is -1.79. The van der Waals surface area contributed by atoms with Crippen LogP contribution in [0.3, 0.4) is 0 Å². The zero-order valence-electron chi connectivity index (χ0n) is 8.64. The topological polar surface area (TPSA) is 83.4 Å². The molecule has 0 bridgehead atoms. The SMILES string of the molecule is NCc1nc(-c2c(Cl)ccc3c2OCO3)no1. The highest BCUT2D eigenvalue weighted by Gasteiger charge is 2.24. The number of benzene rings is 1. The normalized spacial score (nSPS) is 13.1. The minimum Gasteiger partial charge on any atom is -0.454 e. The van der Waals surface area contributed by atoms with Gasteiger partial charge in [0.1, 0.15) is 0 Å². The monoisotopic (exact) mass is 253 g/mol. The van der Waals surface area contributed by atoms with Crippen LogP contribution >= 0.6 is 11.6 Å². The fraction of sp³-hybridized carbons (Fsp3) is 0.200. The van der Waals surface area contributed by atoms with Crippen molar-refractivity contribution < 1.29 is 14.0 Å². The molecule has 17 heavy (non-hydrogen) atoms. The van der Waals surface area contributed by atoms with E-state index in [2.05, 4.69) is 10.1 Å². The zero-order valence-corrected chi connectivity index (χ0v) is 9.40. The lowest BCUT2D eigenvalue weighted by atomic mass is 10.1. The molecule has 2 aromatic rings. The summed E-state index contributed by atoms with van der Waals surface area (Å²) in [4.78, 5) is 4.11. The first-order valence-corrected chi connectivity index (χ1v) is 5.28. The quantitative estimate of drug-likeness (QED) is 0.875. The summed E-state index contributed by atoms with van der Waals surface area (Å²) in [7, 11) is 0. The number of halogens is 1. The lowest BCUT2D eigenvalue weighted by molar-refractivity contribution is 0.174. The highest BCUT2D eigenvalue weighted by molar-refractivity contribution is 6.33. The summed E-state index contributed by atoms with van der Waals surface area (Å²) in [5.74, 6) is 1.83. The fourth-order valence-corrected chi connectivity index (χ4v) is 1.83. The third-order valence-corrected chi connectivity index (χ3v) is 2.67. The molecule has 0 radical (unpaired) electrons. The van der Waals surface area contributed by atoms with E-state index in [-0.39, 0.29) is 13.3 Å². The van der Waals surface area contributed by atoms with E-state index in [4.69, 9.17) is 31.3 Å². The van der Waals surface area contributed by atoms with Crippen LogP contribution in [0.5, 0.6) is 11.5 Å². The van der Waals surface area contributed by atoms with Crippen molar-refractivity contribution >= 4 is 11.6 Å². The summed E-state index contributed by atoms with van der Waals surface area (Å²) in [6.45, 7) is 0.335. The van der Waals surface area contributed by atoms with Crippen molar-refractivity contribution in [3.8, 4) is 22.9 Å². The van der Waals surface area contributed by atoms with Gasteiger partial charge in [0.05, 0.1) is 17.1 Å². The van der Waals surface area contributed by atoms with Crippen LogP contribution in [0.4, 0.5) is 0 Å². The number of rotatable bonds is 2. The van der Waals surface area contributed by atoms with Gasteiger partial charge >= 0.3 is 0 Å². The molecule has 3 rings (SSSR count). The molecule has 1 aliphatic heterocycles. The second-order valence-electron chi connectivity index (χ2n) is 3.37. The Morgan fingerprint density at radius 3 is 3.00 bits per heavy atom. The molecule has 0 amide bonds. The molecule has 0 fully saturated rings. The fourth-order valence-electron chi connectivity index (χ4n) is 1.60. The molecular formula is C10H8ClN3O3. The first-order valence-electron chi connectivity index (χ1n) is 4.90. The van der Waals surface area contributed by atoms with Gasteiger partial charge in [-0.25, -0.2) is 0 Å². The average Bonchev–Trinajstić information content (AvgIpc) is 2.96. The van der Waals surface area contributed by atoms with Gasteiger partial charge in [0.15, 0.2) is 11.5 Å². The first kappa shape index (κ1) is 10.4. The number of nitrogens with zero attached hydrogens (tertiary/aromatic N) is 2. The molecule has 1 aromatic heterocycles. The number of hydrogen-bond acceptors (Lipinski definition) is 6. The second kappa shape index (κ2) is 3.90. The largest absolute Gasteiger partial charge is 0.454 e. The molecule has 88 valence electrons. The maximum atomic E-state index is 6.11. The van der Waals surface area contributed by atoms with Crippen LogP contribution in [-0.4, -0.2) is 16.9 Å². The third kappa shape index (κ3) is 1.62. The molecule has 0 aliphatic carbocycles. The molecular weight excluding hydrogens is 246 g/mol. The van der Waals surface area contributed by atoms with Crippen molar-refractivity contribution in [2.24, 2.45) is 5.73 Å². The molecule has 2 heterocycles. The van der Waals surface area contributed by atoms with E-state index in [9.17, 15) is 0 Å². The van der Waals surface area contributed by atoms with Gasteiger partial charge in [0.25, 0.3) is 0 Å². The second-order valence-corrected chi connectivity index (χ2v) is 3.78. The Morgan fingerprint density at radius 2 is 2.24 bits per heavy atom. The van der Waals surface area contributed by atoms with Crippen molar-refractivity contribution in [3.63, 3.8) is 0 Å². The zero-order chi connectivity index (χ0) is 11.8. The molecule has 0 atom stereocenters. The number of hydrogen-bond donors (Lipinski definition) is 1. The van der Waals surface area contributed by atoms with Gasteiger partial charge in [-0.2, -0.15) is 4.98 Å². The predicted octanol–water partition coefficient (Wildman–Crippen LogP) is 1.58. The lowest BCUT2D eigenvalue weighted by Crippen LogP contribution is -1.96. The molecule has 7 heteroatoms. The van der Waals surface area contributed by atoms with Crippen molar-refractivity contribution in [3.05, 3.63) is 23.0 Å². The Bertz CT molecular complexity index is 570. The molecule has 0 spiro atoms. The number of aromatic nitrogens is 2. The highest BCUT2D eigenvalue weighted by atomic mass is 35.5. The molecule has 2 N–H and O–H groups in total. The van der Waals surface area contributed by atoms with Gasteiger partial charge in [0.2, 0.25) is 18.5 Å². The van der Waals surface area contributed by atoms with E-state index in [1.54, 1.807) is 12.1 Å². The third-order valence-electron chi connectivity index (χ3n) is 2.35. The van der Waals surface area contributed by atoms with Crippen molar-refractivity contribution in [1.82, 2.24) is 10.1 Å². The summed E-state index contributed by atoms with van der Waals surface area (Å²) >= 11 is 6.11. The Balaban J connectivity index is 2.16. The number of ether oxygens (including phenoxy) is 2. The summed E-state index contributed by atoms with van der Waals surface area (Å²) < 4.78 is 15.5. The minimum atomic E-state index is 0.157. The highest BCUT2D eigenvalue weighted by Crippen LogP contribution is 2.44. The standard InChI is InChI=1S/C10H8ClN3O3/c11-5-1-2-6-9(16-4-15-6)8(5)10-13-7(3-12)17-14-10/h1-2H,3-4,12H2. The van der Waals surface area contributed by atoms with Gasteiger partial charge in [-0.05, 0) is 12.1 Å². The maximum absolute atomic E-state index is 6.11. The van der Waals surface area contributed by atoms with Crippen molar-refractivity contribution in [1.29, 1.82) is 0 Å². The van der Waals surface area contributed by atoms with Crippen LogP contribution in [0.1, 0.15) is 5.89 Å². The first-order chi connectivity index (χ1) is 8.29. The lowest BCUT2D eigenvalue weighted by Gasteiger charge is -2.03. The Labute approximate surface area is 101 Å². The van der Waals surface area contributed by atoms with E-state index < -0.39 is 0 Å². The summed E-state index contributed by atoms with van der Waals surface area (Å²) in [5.41, 5.74) is 5.97. The van der Waals surface area contributed by atoms with E-state index in [1.807, 2.05) is 0 Å². The average molecular weight is 254 g/mol. The van der Waals surface area contributed by atoms with Crippen LogP contribution in [0.15, 0.2) is 16.7 Å². The Kier molecular flexibility index (Phi) is 2.38. The van der Waals surface area contributed by atoms with Crippen molar-refractivity contribution in [2.75, 3.05) is 6.79 Å². The summed E-state index contributed by atoms with van der Waals surface area (Å²) in [6.07, 6.45) is 0. The molecule has 0 unspecified atom stereocenters. The molecule has 6 nitrogen and oxygen atoms in total. The van der Waals surface area contributed by atoms with Crippen LogP contribution in [-0.2, 0) is 6.54 Å². The van der Waals surface area contributed by atoms with E-state index in [1.165, 1.54) is 0 Å². The van der Waals surface area contributed by atoms with E-state index in [0.29, 0.717) is 33.8 Å². The van der Waals surface area contributed by atoms with Gasteiger partial charge in [-0.1, -0.05) is 16.8 Å². The van der Waals surface area contributed by atoms with Crippen LogP contribution < -0.4 is 15.2 Å². The summed E-state index contributed by atoms with van der Waals surface area (Å²) in [5, 5.41) is 4.28. The molecule has 1 aromatic carbocycles. The minimum absolute atomic E-state index is 0.157. The van der Waals surface area contributed by atoms with Crippen LogP contribution in [0.2, 0.25) is 5.02 Å². The van der Waals surface area contributed by atoms with E-state index in [0.717, 1.165) is 0 Å². The summed E-state index contributed by atoms with van der Waals surface area (Å²) in [6, 6.07) is 3.43. The van der Waals surface area contributed by atoms with Gasteiger partial charge in [-0.3, -0.25) is 0 Å². The molecule has 1 aliphatic rings. The number of nitrogens with two attached hydrogens (primary N) is 1. The van der Waals surface area contributed by atoms with Gasteiger partial charge < -0.3 is 19.7 Å².